The molecule has 1 aliphatic heterocycles. The molecule has 2 amide bonds. The number of halogens is 1. The Bertz CT molecular complexity index is 631. The van der Waals surface area contributed by atoms with Crippen LogP contribution < -0.4 is 0 Å². The molecule has 0 radical (unpaired) electrons. The Morgan fingerprint density at radius 1 is 0.962 bits per heavy atom. The highest BCUT2D eigenvalue weighted by Gasteiger charge is 2.25. The molecule has 0 spiro atoms. The highest BCUT2D eigenvalue weighted by molar-refractivity contribution is 5.94. The van der Waals surface area contributed by atoms with Gasteiger partial charge in [-0.15, -0.1) is 0 Å². The number of carbonyl (C=O) groups excluding carboxylic acids is 2. The minimum atomic E-state index is -0.504. The minimum absolute atomic E-state index is 0.0178. The molecule has 142 valence electrons. The van der Waals surface area contributed by atoms with E-state index >= 15 is 0 Å². The minimum Gasteiger partial charge on any atom is -0.368 e. The molecule has 3 rings (SSSR count). The van der Waals surface area contributed by atoms with Crippen molar-refractivity contribution < 1.29 is 18.7 Å². The first-order valence-corrected chi connectivity index (χ1v) is 9.58. The van der Waals surface area contributed by atoms with Gasteiger partial charge in [0.2, 0.25) is 5.91 Å². The maximum absolute atomic E-state index is 13.9. The van der Waals surface area contributed by atoms with Crippen molar-refractivity contribution in [3.63, 3.8) is 0 Å². The van der Waals surface area contributed by atoms with E-state index in [2.05, 4.69) is 0 Å². The molecule has 1 aromatic rings. The van der Waals surface area contributed by atoms with Gasteiger partial charge in [-0.25, -0.2) is 4.39 Å². The van der Waals surface area contributed by atoms with E-state index in [1.165, 1.54) is 31.4 Å². The average molecular weight is 362 g/mol. The summed E-state index contributed by atoms with van der Waals surface area (Å²) in [7, 11) is 0. The van der Waals surface area contributed by atoms with Crippen LogP contribution in [0.5, 0.6) is 0 Å². The fourth-order valence-electron chi connectivity index (χ4n) is 3.69. The Morgan fingerprint density at radius 2 is 1.65 bits per heavy atom. The van der Waals surface area contributed by atoms with Crippen LogP contribution in [0.4, 0.5) is 4.39 Å². The van der Waals surface area contributed by atoms with Crippen LogP contribution in [0.25, 0.3) is 0 Å². The Kier molecular flexibility index (Phi) is 6.61. The Morgan fingerprint density at radius 3 is 2.42 bits per heavy atom. The van der Waals surface area contributed by atoms with Crippen LogP contribution in [0.15, 0.2) is 24.3 Å². The molecule has 0 N–H and O–H groups in total. The number of ether oxygens (including phenoxy) is 1. The van der Waals surface area contributed by atoms with Crippen molar-refractivity contribution in [2.24, 2.45) is 0 Å². The summed E-state index contributed by atoms with van der Waals surface area (Å²) < 4.78 is 19.6. The van der Waals surface area contributed by atoms with Gasteiger partial charge in [0.1, 0.15) is 12.4 Å². The normalized spacial score (nSPS) is 19.3. The molecule has 0 aromatic heterocycles. The van der Waals surface area contributed by atoms with Crippen LogP contribution in [-0.2, 0) is 9.53 Å². The molecule has 0 atom stereocenters. The van der Waals surface area contributed by atoms with Crippen molar-refractivity contribution in [2.45, 2.75) is 44.6 Å². The van der Waals surface area contributed by atoms with E-state index in [4.69, 9.17) is 4.74 Å². The Labute approximate surface area is 154 Å². The lowest BCUT2D eigenvalue weighted by Gasteiger charge is -2.25. The molecule has 1 heterocycles. The molecule has 26 heavy (non-hydrogen) atoms. The fourth-order valence-corrected chi connectivity index (χ4v) is 3.69. The van der Waals surface area contributed by atoms with Crippen LogP contribution in [0, 0.1) is 5.82 Å². The third kappa shape index (κ3) is 4.81. The second kappa shape index (κ2) is 9.12. The number of amides is 2. The molecule has 5 nitrogen and oxygen atoms in total. The molecule has 1 aliphatic carbocycles. The van der Waals surface area contributed by atoms with Gasteiger partial charge in [0.25, 0.3) is 5.91 Å². The van der Waals surface area contributed by atoms with Crippen molar-refractivity contribution in [1.82, 2.24) is 9.80 Å². The van der Waals surface area contributed by atoms with Gasteiger partial charge < -0.3 is 14.5 Å². The monoisotopic (exact) mass is 362 g/mol. The van der Waals surface area contributed by atoms with Crippen molar-refractivity contribution in [1.29, 1.82) is 0 Å². The van der Waals surface area contributed by atoms with Gasteiger partial charge in [-0.1, -0.05) is 31.4 Å². The van der Waals surface area contributed by atoms with Gasteiger partial charge >= 0.3 is 0 Å². The average Bonchev–Trinajstić information content (AvgIpc) is 2.93. The van der Waals surface area contributed by atoms with Gasteiger partial charge in [0, 0.05) is 26.2 Å². The summed E-state index contributed by atoms with van der Waals surface area (Å²) in [5.41, 5.74) is 0.0907. The standard InChI is InChI=1S/C20H27FN2O3/c21-18-10-5-4-9-17(18)20(25)23-12-6-11-22(13-14-23)19(24)15-26-16-7-2-1-3-8-16/h4-5,9-10,16H,1-3,6-8,11-15H2. The summed E-state index contributed by atoms with van der Waals surface area (Å²) in [6.07, 6.45) is 6.59. The maximum Gasteiger partial charge on any atom is 0.256 e. The first-order valence-electron chi connectivity index (χ1n) is 9.58. The summed E-state index contributed by atoms with van der Waals surface area (Å²) in [4.78, 5) is 28.4. The third-order valence-corrected chi connectivity index (χ3v) is 5.23. The summed E-state index contributed by atoms with van der Waals surface area (Å²) in [5, 5.41) is 0. The molecule has 1 aromatic carbocycles. The van der Waals surface area contributed by atoms with Crippen molar-refractivity contribution in [3.05, 3.63) is 35.6 Å². The van der Waals surface area contributed by atoms with Crippen molar-refractivity contribution >= 4 is 11.8 Å². The fraction of sp³-hybridized carbons (Fsp3) is 0.600. The lowest BCUT2D eigenvalue weighted by atomic mass is 9.98. The number of nitrogens with zero attached hydrogens (tertiary/aromatic N) is 2. The van der Waals surface area contributed by atoms with E-state index in [1.54, 1.807) is 21.9 Å². The zero-order chi connectivity index (χ0) is 18.4. The molecular weight excluding hydrogens is 335 g/mol. The lowest BCUT2D eigenvalue weighted by molar-refractivity contribution is -0.138. The SMILES string of the molecule is O=C(COC1CCCCC1)N1CCCN(C(=O)c2ccccc2F)CC1. The zero-order valence-corrected chi connectivity index (χ0v) is 15.2. The summed E-state index contributed by atoms with van der Waals surface area (Å²) >= 11 is 0. The van der Waals surface area contributed by atoms with E-state index < -0.39 is 5.82 Å². The topological polar surface area (TPSA) is 49.9 Å². The summed E-state index contributed by atoms with van der Waals surface area (Å²) in [6.45, 7) is 2.13. The van der Waals surface area contributed by atoms with Crippen molar-refractivity contribution in [3.8, 4) is 0 Å². The number of rotatable bonds is 4. The number of carbonyl (C=O) groups is 2. The Balaban J connectivity index is 1.50. The highest BCUT2D eigenvalue weighted by Crippen LogP contribution is 2.20. The first-order chi connectivity index (χ1) is 12.6. The summed E-state index contributed by atoms with van der Waals surface area (Å²) in [5.74, 6) is -0.831. The van der Waals surface area contributed by atoms with E-state index in [0.29, 0.717) is 32.6 Å². The smallest absolute Gasteiger partial charge is 0.256 e. The molecular formula is C20H27FN2O3. The van der Waals surface area contributed by atoms with Crippen LogP contribution in [0.2, 0.25) is 0 Å². The molecule has 0 bridgehead atoms. The quantitative estimate of drug-likeness (QED) is 0.828. The highest BCUT2D eigenvalue weighted by atomic mass is 19.1. The second-order valence-electron chi connectivity index (χ2n) is 7.08. The maximum atomic E-state index is 13.9. The largest absolute Gasteiger partial charge is 0.368 e. The van der Waals surface area contributed by atoms with Gasteiger partial charge in [-0.3, -0.25) is 9.59 Å². The zero-order valence-electron chi connectivity index (χ0n) is 15.2. The van der Waals surface area contributed by atoms with E-state index in [0.717, 1.165) is 12.8 Å². The third-order valence-electron chi connectivity index (χ3n) is 5.23. The number of benzene rings is 1. The van der Waals surface area contributed by atoms with Crippen molar-refractivity contribution in [2.75, 3.05) is 32.8 Å². The molecule has 2 fully saturated rings. The number of hydrogen-bond donors (Lipinski definition) is 0. The van der Waals surface area contributed by atoms with Gasteiger partial charge in [0.15, 0.2) is 0 Å². The van der Waals surface area contributed by atoms with E-state index in [9.17, 15) is 14.0 Å². The van der Waals surface area contributed by atoms with Gasteiger partial charge in [-0.2, -0.15) is 0 Å². The van der Waals surface area contributed by atoms with Crippen LogP contribution in [0.1, 0.15) is 48.9 Å². The van der Waals surface area contributed by atoms with Crippen LogP contribution in [-0.4, -0.2) is 60.5 Å². The van der Waals surface area contributed by atoms with Gasteiger partial charge in [0.05, 0.1) is 11.7 Å². The van der Waals surface area contributed by atoms with E-state index in [-0.39, 0.29) is 30.1 Å². The molecule has 2 aliphatic rings. The van der Waals surface area contributed by atoms with Crippen LogP contribution in [0.3, 0.4) is 0 Å². The van der Waals surface area contributed by atoms with Crippen LogP contribution >= 0.6 is 0 Å². The predicted octanol–water partition coefficient (Wildman–Crippen LogP) is 2.85. The van der Waals surface area contributed by atoms with Gasteiger partial charge in [-0.05, 0) is 31.4 Å². The Hall–Kier alpha value is -1.95. The number of hydrogen-bond acceptors (Lipinski definition) is 3. The molecule has 1 saturated heterocycles. The molecule has 1 saturated carbocycles. The second-order valence-corrected chi connectivity index (χ2v) is 7.08. The molecule has 0 unspecified atom stereocenters. The first kappa shape index (κ1) is 18.8. The lowest BCUT2D eigenvalue weighted by Crippen LogP contribution is -2.39. The predicted molar refractivity (Wildman–Crippen MR) is 96.3 cm³/mol. The van der Waals surface area contributed by atoms with E-state index in [1.807, 2.05) is 0 Å². The molecule has 6 heteroatoms. The summed E-state index contributed by atoms with van der Waals surface area (Å²) in [6, 6.07) is 6.03.